The van der Waals surface area contributed by atoms with Crippen molar-refractivity contribution in [2.75, 3.05) is 5.06 Å². The summed E-state index contributed by atoms with van der Waals surface area (Å²) in [5, 5.41) is 1.22. The van der Waals surface area contributed by atoms with Crippen LogP contribution in [0.2, 0.25) is 0 Å². The summed E-state index contributed by atoms with van der Waals surface area (Å²) in [5.41, 5.74) is 3.25. The lowest BCUT2D eigenvalue weighted by Crippen LogP contribution is -2.22. The molecule has 19 heavy (non-hydrogen) atoms. The molecule has 2 aromatic rings. The first-order valence-corrected chi connectivity index (χ1v) is 7.29. The van der Waals surface area contributed by atoms with Crippen LogP contribution in [0.25, 0.3) is 0 Å². The van der Waals surface area contributed by atoms with Gasteiger partial charge in [-0.3, -0.25) is 0 Å². The second-order valence-corrected chi connectivity index (χ2v) is 5.45. The van der Waals surface area contributed by atoms with Crippen LogP contribution in [0, 0.1) is 0 Å². The van der Waals surface area contributed by atoms with Gasteiger partial charge < -0.3 is 9.79 Å². The predicted octanol–water partition coefficient (Wildman–Crippen LogP) is 2.75. The molecule has 0 amide bonds. The third-order valence-corrected chi connectivity index (χ3v) is 3.37. The molecule has 1 aliphatic heterocycles. The molecular formula is C13H12NO4P. The Balaban J connectivity index is 2.14. The first kappa shape index (κ1) is 12.4. The first-order valence-electron chi connectivity index (χ1n) is 5.76. The number of para-hydroxylation sites is 2. The van der Waals surface area contributed by atoms with Crippen LogP contribution < -0.4 is 5.06 Å². The molecule has 0 aliphatic carbocycles. The van der Waals surface area contributed by atoms with Gasteiger partial charge in [-0.05, 0) is 23.3 Å². The van der Waals surface area contributed by atoms with Crippen molar-refractivity contribution in [3.05, 3.63) is 59.7 Å². The van der Waals surface area contributed by atoms with Crippen LogP contribution in [-0.4, -0.2) is 9.79 Å². The molecule has 2 aromatic carbocycles. The second kappa shape index (κ2) is 4.47. The third kappa shape index (κ3) is 2.41. The summed E-state index contributed by atoms with van der Waals surface area (Å²) >= 11 is 0. The zero-order valence-electron chi connectivity index (χ0n) is 9.93. The quantitative estimate of drug-likeness (QED) is 0.826. The summed E-state index contributed by atoms with van der Waals surface area (Å²) in [5.74, 6) is 0. The van der Waals surface area contributed by atoms with E-state index in [1.54, 1.807) is 12.1 Å². The van der Waals surface area contributed by atoms with Gasteiger partial charge in [0.05, 0.1) is 11.4 Å². The van der Waals surface area contributed by atoms with Crippen LogP contribution in [0.5, 0.6) is 0 Å². The van der Waals surface area contributed by atoms with Crippen molar-refractivity contribution < 1.29 is 19.0 Å². The van der Waals surface area contributed by atoms with Gasteiger partial charge in [-0.2, -0.15) is 4.62 Å². The Bertz CT molecular complexity index is 622. The van der Waals surface area contributed by atoms with Crippen LogP contribution in [-0.2, 0) is 15.6 Å². The van der Waals surface area contributed by atoms with Gasteiger partial charge in [0.2, 0.25) is 0 Å². The number of nitrogens with zero attached hydrogens (tertiary/aromatic N) is 1. The highest BCUT2D eigenvalue weighted by molar-refractivity contribution is 7.46. The molecule has 3 rings (SSSR count). The Morgan fingerprint density at radius 3 is 1.89 bits per heavy atom. The van der Waals surface area contributed by atoms with Gasteiger partial charge in [0.15, 0.2) is 0 Å². The molecule has 0 saturated carbocycles. The van der Waals surface area contributed by atoms with E-state index >= 15 is 0 Å². The summed E-state index contributed by atoms with van der Waals surface area (Å²) in [4.78, 5) is 18.1. The van der Waals surface area contributed by atoms with Crippen LogP contribution in [0.1, 0.15) is 11.1 Å². The predicted molar refractivity (Wildman–Crippen MR) is 71.0 cm³/mol. The fourth-order valence-corrected chi connectivity index (χ4v) is 2.63. The Labute approximate surface area is 110 Å². The molecule has 1 aliphatic rings. The number of benzene rings is 2. The molecular weight excluding hydrogens is 265 g/mol. The zero-order chi connectivity index (χ0) is 13.5. The minimum atomic E-state index is -4.62. The zero-order valence-corrected chi connectivity index (χ0v) is 10.8. The van der Waals surface area contributed by atoms with Gasteiger partial charge in [0, 0.05) is 6.42 Å². The molecule has 0 saturated heterocycles. The van der Waals surface area contributed by atoms with Crippen LogP contribution in [0.4, 0.5) is 11.4 Å². The van der Waals surface area contributed by atoms with E-state index in [0.717, 1.165) is 11.1 Å². The molecule has 0 radical (unpaired) electrons. The molecule has 6 heteroatoms. The topological polar surface area (TPSA) is 70.0 Å². The highest BCUT2D eigenvalue weighted by Crippen LogP contribution is 2.46. The van der Waals surface area contributed by atoms with Gasteiger partial charge in [0.25, 0.3) is 0 Å². The Morgan fingerprint density at radius 1 is 0.947 bits per heavy atom. The maximum Gasteiger partial charge on any atom is 0.491 e. The third-order valence-electron chi connectivity index (χ3n) is 2.99. The average molecular weight is 277 g/mol. The highest BCUT2D eigenvalue weighted by Gasteiger charge is 2.28. The van der Waals surface area contributed by atoms with Crippen molar-refractivity contribution in [2.45, 2.75) is 6.42 Å². The van der Waals surface area contributed by atoms with E-state index in [-0.39, 0.29) is 0 Å². The minimum Gasteiger partial charge on any atom is -0.301 e. The number of hydrogen-bond acceptors (Lipinski definition) is 3. The largest absolute Gasteiger partial charge is 0.491 e. The molecule has 5 nitrogen and oxygen atoms in total. The number of hydrogen-bond donors (Lipinski definition) is 2. The smallest absolute Gasteiger partial charge is 0.301 e. The van der Waals surface area contributed by atoms with Crippen molar-refractivity contribution in [1.82, 2.24) is 0 Å². The number of anilines is 2. The molecule has 0 fully saturated rings. The lowest BCUT2D eigenvalue weighted by molar-refractivity contribution is 0.197. The molecule has 0 spiro atoms. The fraction of sp³-hybridized carbons (Fsp3) is 0.0769. The summed E-state index contributed by atoms with van der Waals surface area (Å²) in [7, 11) is -4.62. The van der Waals surface area contributed by atoms with E-state index in [4.69, 9.17) is 14.4 Å². The molecule has 0 unspecified atom stereocenters. The van der Waals surface area contributed by atoms with Gasteiger partial charge in [0.1, 0.15) is 0 Å². The molecule has 0 atom stereocenters. The maximum atomic E-state index is 11.1. The van der Waals surface area contributed by atoms with Gasteiger partial charge in [-0.1, -0.05) is 36.4 Å². The van der Waals surface area contributed by atoms with Crippen LogP contribution >= 0.6 is 7.82 Å². The minimum absolute atomic E-state index is 0.657. The molecule has 0 bridgehead atoms. The number of rotatable bonds is 2. The lowest BCUT2D eigenvalue weighted by atomic mass is 9.97. The van der Waals surface area contributed by atoms with Gasteiger partial charge >= 0.3 is 7.82 Å². The van der Waals surface area contributed by atoms with Crippen molar-refractivity contribution in [3.63, 3.8) is 0 Å². The van der Waals surface area contributed by atoms with Gasteiger partial charge in [-0.15, -0.1) is 0 Å². The fourth-order valence-electron chi connectivity index (χ4n) is 2.25. The van der Waals surface area contributed by atoms with Gasteiger partial charge in [-0.25, -0.2) is 9.63 Å². The standard InChI is InChI=1S/C13H12NO4P/c15-19(16,17)18-14-12-7-3-1-5-10(12)9-11-6-2-4-8-13(11)14/h1-8H,9H2,(H2,15,16,17). The molecule has 1 heterocycles. The monoisotopic (exact) mass is 277 g/mol. The molecule has 98 valence electrons. The Hall–Kier alpha value is -1.65. The molecule has 0 aromatic heterocycles. The van der Waals surface area contributed by atoms with Crippen LogP contribution in [0.15, 0.2) is 48.5 Å². The lowest BCUT2D eigenvalue weighted by Gasteiger charge is -2.31. The SMILES string of the molecule is O=P(O)(O)ON1c2ccccc2Cc2ccccc21. The number of fused-ring (bicyclic) bond motifs is 2. The first-order chi connectivity index (χ1) is 9.04. The Morgan fingerprint density at radius 2 is 1.42 bits per heavy atom. The second-order valence-electron chi connectivity index (χ2n) is 4.30. The van der Waals surface area contributed by atoms with E-state index in [9.17, 15) is 4.57 Å². The van der Waals surface area contributed by atoms with Crippen molar-refractivity contribution in [2.24, 2.45) is 0 Å². The molecule has 2 N–H and O–H groups in total. The normalized spacial score (nSPS) is 13.9. The van der Waals surface area contributed by atoms with E-state index in [1.807, 2.05) is 36.4 Å². The van der Waals surface area contributed by atoms with E-state index in [0.29, 0.717) is 17.8 Å². The number of phosphoric acid groups is 1. The Kier molecular flexibility index (Phi) is 2.92. The van der Waals surface area contributed by atoms with Crippen molar-refractivity contribution in [3.8, 4) is 0 Å². The highest BCUT2D eigenvalue weighted by atomic mass is 31.2. The summed E-state index contributed by atoms with van der Waals surface area (Å²) in [6.45, 7) is 0. The maximum absolute atomic E-state index is 11.1. The van der Waals surface area contributed by atoms with E-state index in [2.05, 4.69) is 0 Å². The summed E-state index contributed by atoms with van der Waals surface area (Å²) in [6, 6.07) is 14.8. The van der Waals surface area contributed by atoms with Crippen molar-refractivity contribution >= 4 is 19.2 Å². The summed E-state index contributed by atoms with van der Waals surface area (Å²) < 4.78 is 16.0. The van der Waals surface area contributed by atoms with Crippen LogP contribution in [0.3, 0.4) is 0 Å². The summed E-state index contributed by atoms with van der Waals surface area (Å²) in [6.07, 6.45) is 0.716. The van der Waals surface area contributed by atoms with E-state index < -0.39 is 7.82 Å². The van der Waals surface area contributed by atoms with E-state index in [1.165, 1.54) is 5.06 Å². The van der Waals surface area contributed by atoms with Crippen molar-refractivity contribution in [1.29, 1.82) is 0 Å². The average Bonchev–Trinajstić information content (AvgIpc) is 2.37.